The van der Waals surface area contributed by atoms with Gasteiger partial charge in [-0.1, -0.05) is 56.5 Å². The molecule has 6 nitrogen and oxygen atoms in total. The third-order valence-electron chi connectivity index (χ3n) is 8.76. The maximum Gasteiger partial charge on any atom is 0.311 e. The molecule has 0 radical (unpaired) electrons. The lowest BCUT2D eigenvalue weighted by Crippen LogP contribution is -2.46. The van der Waals surface area contributed by atoms with Crippen molar-refractivity contribution in [3.8, 4) is 11.1 Å². The number of ketones is 1. The van der Waals surface area contributed by atoms with Gasteiger partial charge in [-0.15, -0.1) is 0 Å². The van der Waals surface area contributed by atoms with E-state index in [0.29, 0.717) is 28.7 Å². The molecular formula is C31H31NO5. The van der Waals surface area contributed by atoms with Crippen LogP contribution in [0.1, 0.15) is 108 Å². The van der Waals surface area contributed by atoms with Crippen molar-refractivity contribution in [3.05, 3.63) is 69.8 Å². The van der Waals surface area contributed by atoms with E-state index < -0.39 is 17.6 Å². The van der Waals surface area contributed by atoms with Gasteiger partial charge in [0.15, 0.2) is 11.5 Å². The van der Waals surface area contributed by atoms with Gasteiger partial charge >= 0.3 is 5.97 Å². The minimum absolute atomic E-state index is 0.0801. The molecule has 6 heteroatoms. The molecule has 4 atom stereocenters. The van der Waals surface area contributed by atoms with Gasteiger partial charge in [0.2, 0.25) is 0 Å². The lowest BCUT2D eigenvalue weighted by atomic mass is 9.60. The first-order valence-electron chi connectivity index (χ1n) is 13.2. The summed E-state index contributed by atoms with van der Waals surface area (Å²) >= 11 is 0. The Morgan fingerprint density at radius 1 is 1.00 bits per heavy atom. The third kappa shape index (κ3) is 3.31. The second-order valence-corrected chi connectivity index (χ2v) is 11.0. The average molecular weight is 498 g/mol. The highest BCUT2D eigenvalue weighted by molar-refractivity contribution is 6.17. The SMILES string of the molecule is CCCCCC1CC(C(=O)O)c2c(C(C)=O)ccc3c2C1c1ccc2c4c(ccc-3c14)C(=O)NC2(C)O. The van der Waals surface area contributed by atoms with E-state index in [4.69, 9.17) is 0 Å². The van der Waals surface area contributed by atoms with Gasteiger partial charge in [-0.05, 0) is 71.9 Å². The summed E-state index contributed by atoms with van der Waals surface area (Å²) in [6.45, 7) is 5.25. The first-order valence-corrected chi connectivity index (χ1v) is 13.2. The number of fused-ring (bicyclic) bond motifs is 2. The lowest BCUT2D eigenvalue weighted by molar-refractivity contribution is -0.139. The Balaban J connectivity index is 1.72. The van der Waals surface area contributed by atoms with Crippen LogP contribution in [0.2, 0.25) is 0 Å². The molecule has 190 valence electrons. The van der Waals surface area contributed by atoms with Crippen LogP contribution >= 0.6 is 0 Å². The lowest BCUT2D eigenvalue weighted by Gasteiger charge is -2.43. The Bertz CT molecular complexity index is 1520. The molecule has 3 aromatic carbocycles. The molecule has 6 rings (SSSR count). The average Bonchev–Trinajstić information content (AvgIpc) is 2.85. The number of aliphatic carboxylic acids is 1. The first-order chi connectivity index (χ1) is 17.7. The summed E-state index contributed by atoms with van der Waals surface area (Å²) in [4.78, 5) is 38.3. The Hall–Kier alpha value is -3.51. The fourth-order valence-corrected chi connectivity index (χ4v) is 7.21. The molecule has 1 amide bonds. The molecule has 3 aromatic rings. The Morgan fingerprint density at radius 2 is 1.73 bits per heavy atom. The zero-order valence-electron chi connectivity index (χ0n) is 21.4. The molecule has 0 saturated heterocycles. The Kier molecular flexibility index (Phi) is 5.32. The molecule has 0 spiro atoms. The van der Waals surface area contributed by atoms with Crippen LogP contribution in [0.4, 0.5) is 0 Å². The number of aliphatic hydroxyl groups is 1. The van der Waals surface area contributed by atoms with E-state index in [0.717, 1.165) is 58.7 Å². The predicted octanol–water partition coefficient (Wildman–Crippen LogP) is 5.83. The number of hydrogen-bond donors (Lipinski definition) is 3. The number of carbonyl (C=O) groups is 3. The molecule has 0 aromatic heterocycles. The van der Waals surface area contributed by atoms with E-state index >= 15 is 0 Å². The summed E-state index contributed by atoms with van der Waals surface area (Å²) in [5.41, 5.74) is 4.70. The van der Waals surface area contributed by atoms with Gasteiger partial charge in [0.25, 0.3) is 5.91 Å². The second-order valence-electron chi connectivity index (χ2n) is 11.0. The van der Waals surface area contributed by atoms with Gasteiger partial charge in [0.05, 0.1) is 5.92 Å². The summed E-state index contributed by atoms with van der Waals surface area (Å²) in [6.07, 6.45) is 4.52. The molecule has 37 heavy (non-hydrogen) atoms. The largest absolute Gasteiger partial charge is 0.481 e. The number of carbonyl (C=O) groups excluding carboxylic acids is 2. The normalized spacial score (nSPS) is 25.0. The van der Waals surface area contributed by atoms with Crippen molar-refractivity contribution >= 4 is 28.4 Å². The summed E-state index contributed by atoms with van der Waals surface area (Å²) in [5.74, 6) is -2.06. The first kappa shape index (κ1) is 23.9. The van der Waals surface area contributed by atoms with Gasteiger partial charge in [-0.3, -0.25) is 14.4 Å². The molecular weight excluding hydrogens is 466 g/mol. The van der Waals surface area contributed by atoms with Gasteiger partial charge in [0.1, 0.15) is 0 Å². The highest BCUT2D eigenvalue weighted by atomic mass is 16.4. The standard InChI is InChI=1S/C31H31NO5/c1-4-5-6-7-16-14-22(30(35)36)25-17(15(2)33)8-9-19-18-10-11-21-27-23(31(3,37)32-29(21)34)13-12-20(26(18)27)24(16)28(19)25/h8-13,16,22,24,37H,4-7,14H2,1-3H3,(H,32,34)(H,35,36). The Morgan fingerprint density at radius 3 is 2.43 bits per heavy atom. The van der Waals surface area contributed by atoms with Crippen molar-refractivity contribution in [2.24, 2.45) is 5.92 Å². The summed E-state index contributed by atoms with van der Waals surface area (Å²) in [6, 6.07) is 11.4. The van der Waals surface area contributed by atoms with Gasteiger partial charge in [-0.2, -0.15) is 0 Å². The number of unbranched alkanes of at least 4 members (excludes halogenated alkanes) is 2. The maximum absolute atomic E-state index is 13.0. The molecule has 3 N–H and O–H groups in total. The van der Waals surface area contributed by atoms with Crippen LogP contribution < -0.4 is 5.32 Å². The topological polar surface area (TPSA) is 104 Å². The molecule has 0 bridgehead atoms. The number of carboxylic acids is 1. The van der Waals surface area contributed by atoms with Crippen LogP contribution in [0.25, 0.3) is 21.9 Å². The van der Waals surface area contributed by atoms with E-state index in [9.17, 15) is 24.6 Å². The molecule has 0 saturated carbocycles. The number of rotatable bonds is 6. The molecule has 4 unspecified atom stereocenters. The van der Waals surface area contributed by atoms with E-state index in [1.807, 2.05) is 24.3 Å². The van der Waals surface area contributed by atoms with Crippen LogP contribution in [-0.4, -0.2) is 27.9 Å². The summed E-state index contributed by atoms with van der Waals surface area (Å²) in [7, 11) is 0. The van der Waals surface area contributed by atoms with Crippen molar-refractivity contribution in [2.75, 3.05) is 0 Å². The number of amides is 1. The van der Waals surface area contributed by atoms with Crippen LogP contribution in [0.3, 0.4) is 0 Å². The van der Waals surface area contributed by atoms with Crippen molar-refractivity contribution < 1.29 is 24.6 Å². The van der Waals surface area contributed by atoms with Crippen molar-refractivity contribution in [2.45, 2.75) is 70.4 Å². The van der Waals surface area contributed by atoms with Crippen molar-refractivity contribution in [3.63, 3.8) is 0 Å². The Labute approximate surface area is 215 Å². The smallest absolute Gasteiger partial charge is 0.311 e. The molecule has 1 heterocycles. The zero-order valence-corrected chi connectivity index (χ0v) is 21.4. The highest BCUT2D eigenvalue weighted by Gasteiger charge is 2.46. The molecule has 1 aliphatic heterocycles. The van der Waals surface area contributed by atoms with Crippen molar-refractivity contribution in [1.29, 1.82) is 0 Å². The van der Waals surface area contributed by atoms with E-state index in [-0.39, 0.29) is 23.5 Å². The number of Topliss-reactive ketones (excluding diaryl/α,β-unsaturated/α-hetero) is 1. The molecule has 2 aliphatic carbocycles. The highest BCUT2D eigenvalue weighted by Crippen LogP contribution is 2.58. The summed E-state index contributed by atoms with van der Waals surface area (Å²) in [5, 5.41) is 25.8. The number of benzene rings is 3. The number of nitrogens with one attached hydrogen (secondary N) is 1. The second kappa shape index (κ2) is 8.25. The zero-order chi connectivity index (χ0) is 26.2. The van der Waals surface area contributed by atoms with Gasteiger partial charge < -0.3 is 15.5 Å². The third-order valence-corrected chi connectivity index (χ3v) is 8.76. The quantitative estimate of drug-likeness (QED) is 0.294. The monoisotopic (exact) mass is 497 g/mol. The maximum atomic E-state index is 13.0. The van der Waals surface area contributed by atoms with Crippen LogP contribution in [0.15, 0.2) is 36.4 Å². The van der Waals surface area contributed by atoms with Gasteiger partial charge in [-0.25, -0.2) is 0 Å². The van der Waals surface area contributed by atoms with Crippen LogP contribution in [0.5, 0.6) is 0 Å². The fourth-order valence-electron chi connectivity index (χ4n) is 7.21. The van der Waals surface area contributed by atoms with Gasteiger partial charge in [0, 0.05) is 28.0 Å². The predicted molar refractivity (Wildman–Crippen MR) is 141 cm³/mol. The summed E-state index contributed by atoms with van der Waals surface area (Å²) < 4.78 is 0. The minimum Gasteiger partial charge on any atom is -0.481 e. The molecule has 3 aliphatic rings. The van der Waals surface area contributed by atoms with E-state index in [1.54, 1.807) is 19.1 Å². The van der Waals surface area contributed by atoms with Crippen LogP contribution in [0, 0.1) is 5.92 Å². The number of carboxylic acid groups (broad SMARTS) is 1. The minimum atomic E-state index is -1.49. The number of hydrogen-bond acceptors (Lipinski definition) is 4. The fraction of sp³-hybridized carbons (Fsp3) is 0.387. The molecule has 0 fully saturated rings. The van der Waals surface area contributed by atoms with Crippen LogP contribution in [-0.2, 0) is 10.5 Å². The van der Waals surface area contributed by atoms with E-state index in [1.165, 1.54) is 6.92 Å². The van der Waals surface area contributed by atoms with Crippen molar-refractivity contribution in [1.82, 2.24) is 5.32 Å². The van der Waals surface area contributed by atoms with E-state index in [2.05, 4.69) is 12.2 Å².